The lowest BCUT2D eigenvalue weighted by Gasteiger charge is -2.27. The average Bonchev–Trinajstić information content (AvgIpc) is 2.41. The molecule has 0 aromatic heterocycles. The standard InChI is InChI=1S/C11H12F6O4/c1-2-3-4-5-21-8(20)7(19)10(14,15)11(16,17)9(12,13)6-18/h6H,2-5H2,1H3. The normalized spacial score (nSPS) is 12.9. The zero-order valence-electron chi connectivity index (χ0n) is 10.8. The SMILES string of the molecule is CCCCCOC(=O)C(=O)C(F)(F)C(F)(F)C(F)(F)C=O. The maximum Gasteiger partial charge on any atom is 0.387 e. The highest BCUT2D eigenvalue weighted by molar-refractivity contribution is 6.36. The van der Waals surface area contributed by atoms with E-state index in [0.717, 1.165) is 0 Å². The van der Waals surface area contributed by atoms with Gasteiger partial charge < -0.3 is 4.74 Å². The molecule has 0 bridgehead atoms. The molecule has 0 unspecified atom stereocenters. The van der Waals surface area contributed by atoms with E-state index in [1.54, 1.807) is 6.92 Å². The van der Waals surface area contributed by atoms with Crippen molar-refractivity contribution < 1.29 is 45.5 Å². The molecule has 0 aromatic rings. The summed E-state index contributed by atoms with van der Waals surface area (Å²) < 4.78 is 80.9. The summed E-state index contributed by atoms with van der Waals surface area (Å²) in [7, 11) is 0. The second-order valence-corrected chi connectivity index (χ2v) is 4.06. The summed E-state index contributed by atoms with van der Waals surface area (Å²) in [5.74, 6) is -23.7. The molecular weight excluding hydrogens is 310 g/mol. The molecule has 0 saturated carbocycles. The zero-order chi connectivity index (χ0) is 16.9. The number of carbonyl (C=O) groups is 3. The number of Topliss-reactive ketones (excluding diaryl/α,β-unsaturated/α-hetero) is 1. The van der Waals surface area contributed by atoms with Crippen LogP contribution in [0.1, 0.15) is 26.2 Å². The van der Waals surface area contributed by atoms with Crippen molar-refractivity contribution in [1.29, 1.82) is 0 Å². The van der Waals surface area contributed by atoms with Crippen molar-refractivity contribution in [3.05, 3.63) is 0 Å². The number of unbranched alkanes of at least 4 members (excludes halogenated alkanes) is 2. The first-order valence-electron chi connectivity index (χ1n) is 5.77. The second kappa shape index (κ2) is 6.90. The van der Waals surface area contributed by atoms with Crippen molar-refractivity contribution in [2.75, 3.05) is 6.61 Å². The van der Waals surface area contributed by atoms with Gasteiger partial charge in [-0.15, -0.1) is 0 Å². The molecule has 0 saturated heterocycles. The molecule has 0 heterocycles. The topological polar surface area (TPSA) is 60.4 Å². The molecule has 0 aliphatic carbocycles. The van der Waals surface area contributed by atoms with Crippen LogP contribution in [0, 0.1) is 0 Å². The van der Waals surface area contributed by atoms with Crippen LogP contribution in [0.2, 0.25) is 0 Å². The number of aldehydes is 1. The lowest BCUT2D eigenvalue weighted by atomic mass is 10.0. The number of rotatable bonds is 9. The molecule has 0 fully saturated rings. The summed E-state index contributed by atoms with van der Waals surface area (Å²) >= 11 is 0. The smallest absolute Gasteiger partial charge is 0.387 e. The molecule has 0 amide bonds. The highest BCUT2D eigenvalue weighted by Gasteiger charge is 2.76. The number of ether oxygens (including phenoxy) is 1. The van der Waals surface area contributed by atoms with Crippen molar-refractivity contribution in [3.63, 3.8) is 0 Å². The van der Waals surface area contributed by atoms with Crippen LogP contribution in [0.25, 0.3) is 0 Å². The van der Waals surface area contributed by atoms with Crippen LogP contribution in [-0.2, 0) is 19.1 Å². The number of carbonyl (C=O) groups excluding carboxylic acids is 3. The molecule has 0 spiro atoms. The molecule has 0 N–H and O–H groups in total. The fourth-order valence-corrected chi connectivity index (χ4v) is 1.14. The van der Waals surface area contributed by atoms with E-state index >= 15 is 0 Å². The number of ketones is 1. The Morgan fingerprint density at radius 3 is 2.00 bits per heavy atom. The number of hydrogen-bond acceptors (Lipinski definition) is 4. The van der Waals surface area contributed by atoms with E-state index in [1.165, 1.54) is 0 Å². The second-order valence-electron chi connectivity index (χ2n) is 4.06. The molecule has 0 atom stereocenters. The highest BCUT2D eigenvalue weighted by atomic mass is 19.3. The lowest BCUT2D eigenvalue weighted by molar-refractivity contribution is -0.281. The molecule has 4 nitrogen and oxygen atoms in total. The Labute approximate surface area is 115 Å². The van der Waals surface area contributed by atoms with Gasteiger partial charge in [-0.1, -0.05) is 19.8 Å². The van der Waals surface area contributed by atoms with Crippen LogP contribution in [-0.4, -0.2) is 42.4 Å². The van der Waals surface area contributed by atoms with Gasteiger partial charge in [0.05, 0.1) is 6.61 Å². The Balaban J connectivity index is 5.02. The van der Waals surface area contributed by atoms with Gasteiger partial charge in [-0.2, -0.15) is 26.3 Å². The van der Waals surface area contributed by atoms with E-state index in [4.69, 9.17) is 0 Å². The van der Waals surface area contributed by atoms with Crippen LogP contribution < -0.4 is 0 Å². The predicted octanol–water partition coefficient (Wildman–Crippen LogP) is 2.39. The van der Waals surface area contributed by atoms with Crippen molar-refractivity contribution in [3.8, 4) is 0 Å². The Morgan fingerprint density at radius 1 is 1.05 bits per heavy atom. The van der Waals surface area contributed by atoms with E-state index in [0.29, 0.717) is 12.8 Å². The first-order valence-corrected chi connectivity index (χ1v) is 5.77. The van der Waals surface area contributed by atoms with Crippen LogP contribution in [0.15, 0.2) is 0 Å². The first-order chi connectivity index (χ1) is 9.45. The quantitative estimate of drug-likeness (QED) is 0.215. The number of halogens is 6. The fraction of sp³-hybridized carbons (Fsp3) is 0.727. The zero-order valence-corrected chi connectivity index (χ0v) is 10.8. The summed E-state index contributed by atoms with van der Waals surface area (Å²) in [6.07, 6.45) is -0.370. The number of hydrogen-bond donors (Lipinski definition) is 0. The third-order valence-electron chi connectivity index (χ3n) is 2.41. The first kappa shape index (κ1) is 19.4. The molecular formula is C11H12F6O4. The molecule has 0 aromatic carbocycles. The molecule has 21 heavy (non-hydrogen) atoms. The molecule has 122 valence electrons. The van der Waals surface area contributed by atoms with Gasteiger partial charge in [-0.25, -0.2) is 4.79 Å². The summed E-state index contributed by atoms with van der Waals surface area (Å²) in [5, 5.41) is 0. The monoisotopic (exact) mass is 322 g/mol. The molecule has 0 radical (unpaired) electrons. The van der Waals surface area contributed by atoms with Crippen molar-refractivity contribution in [2.24, 2.45) is 0 Å². The van der Waals surface area contributed by atoms with Gasteiger partial charge in [0, 0.05) is 0 Å². The van der Waals surface area contributed by atoms with Gasteiger partial charge in [-0.05, 0) is 6.42 Å². The van der Waals surface area contributed by atoms with Crippen LogP contribution in [0.3, 0.4) is 0 Å². The average molecular weight is 322 g/mol. The van der Waals surface area contributed by atoms with E-state index < -0.39 is 42.4 Å². The minimum absolute atomic E-state index is 0.183. The molecule has 0 rings (SSSR count). The third-order valence-corrected chi connectivity index (χ3v) is 2.41. The number of esters is 1. The van der Waals surface area contributed by atoms with Gasteiger partial charge in [0.1, 0.15) is 0 Å². The Bertz CT molecular complexity index is 408. The lowest BCUT2D eigenvalue weighted by Crippen LogP contribution is -2.60. The Kier molecular flexibility index (Phi) is 6.37. The highest BCUT2D eigenvalue weighted by Crippen LogP contribution is 2.45. The fourth-order valence-electron chi connectivity index (χ4n) is 1.14. The summed E-state index contributed by atoms with van der Waals surface area (Å²) in [6, 6.07) is 0. The van der Waals surface area contributed by atoms with E-state index in [1.807, 2.05) is 0 Å². The maximum absolute atomic E-state index is 13.1. The Hall–Kier alpha value is -1.61. The maximum atomic E-state index is 13.1. The van der Waals surface area contributed by atoms with Crippen LogP contribution >= 0.6 is 0 Å². The van der Waals surface area contributed by atoms with E-state index in [-0.39, 0.29) is 6.42 Å². The summed E-state index contributed by atoms with van der Waals surface area (Å²) in [6.45, 7) is 1.26. The van der Waals surface area contributed by atoms with E-state index in [2.05, 4.69) is 4.74 Å². The van der Waals surface area contributed by atoms with Gasteiger partial charge in [0.15, 0.2) is 6.29 Å². The van der Waals surface area contributed by atoms with Gasteiger partial charge in [0.2, 0.25) is 0 Å². The van der Waals surface area contributed by atoms with Gasteiger partial charge in [-0.3, -0.25) is 9.59 Å². The molecule has 0 aliphatic rings. The van der Waals surface area contributed by atoms with E-state index in [9.17, 15) is 40.7 Å². The predicted molar refractivity (Wildman–Crippen MR) is 56.4 cm³/mol. The van der Waals surface area contributed by atoms with Crippen molar-refractivity contribution in [2.45, 2.75) is 44.0 Å². The minimum atomic E-state index is -6.35. The largest absolute Gasteiger partial charge is 0.460 e. The molecule has 10 heteroatoms. The number of alkyl halides is 6. The Morgan fingerprint density at radius 2 is 1.57 bits per heavy atom. The van der Waals surface area contributed by atoms with Crippen molar-refractivity contribution in [1.82, 2.24) is 0 Å². The van der Waals surface area contributed by atoms with Gasteiger partial charge >= 0.3 is 29.5 Å². The van der Waals surface area contributed by atoms with Crippen LogP contribution in [0.5, 0.6) is 0 Å². The van der Waals surface area contributed by atoms with Crippen LogP contribution in [0.4, 0.5) is 26.3 Å². The molecule has 0 aliphatic heterocycles. The summed E-state index contributed by atoms with van der Waals surface area (Å²) in [5.41, 5.74) is 0. The third kappa shape index (κ3) is 3.94. The van der Waals surface area contributed by atoms with Gasteiger partial charge in [0.25, 0.3) is 0 Å². The van der Waals surface area contributed by atoms with Crippen molar-refractivity contribution >= 4 is 18.0 Å². The minimum Gasteiger partial charge on any atom is -0.460 e. The summed E-state index contributed by atoms with van der Waals surface area (Å²) in [4.78, 5) is 31.5.